The van der Waals surface area contributed by atoms with E-state index in [1.165, 1.54) is 5.56 Å². The van der Waals surface area contributed by atoms with Gasteiger partial charge in [0, 0.05) is 13.0 Å². The van der Waals surface area contributed by atoms with E-state index >= 15 is 0 Å². The molecule has 0 bridgehead atoms. The highest BCUT2D eigenvalue weighted by Crippen LogP contribution is 2.17. The van der Waals surface area contributed by atoms with Crippen LogP contribution in [-0.2, 0) is 11.2 Å². The summed E-state index contributed by atoms with van der Waals surface area (Å²) in [4.78, 5) is 14.0. The van der Waals surface area contributed by atoms with Gasteiger partial charge in [-0.1, -0.05) is 30.3 Å². The fraction of sp³-hybridized carbons (Fsp3) is 0.389. The number of furan rings is 1. The van der Waals surface area contributed by atoms with E-state index in [2.05, 4.69) is 17.4 Å². The minimum atomic E-state index is 0.0630. The lowest BCUT2D eigenvalue weighted by Gasteiger charge is -2.22. The van der Waals surface area contributed by atoms with Gasteiger partial charge in [0.1, 0.15) is 5.76 Å². The third kappa shape index (κ3) is 5.04. The number of amides is 1. The first-order valence-electron chi connectivity index (χ1n) is 7.67. The smallest absolute Gasteiger partial charge is 0.220 e. The standard InChI is InChI=1S/C18H24N2O2/c1-20(2)16(17-11-7-13-22-17)14-19-18(21)12-6-10-15-8-4-3-5-9-15/h3-5,7-9,11,13,16H,6,10,12,14H2,1-2H3,(H,19,21). The van der Waals surface area contributed by atoms with Crippen LogP contribution >= 0.6 is 0 Å². The van der Waals surface area contributed by atoms with Crippen LogP contribution in [0.15, 0.2) is 53.1 Å². The Morgan fingerprint density at radius 1 is 1.18 bits per heavy atom. The molecule has 0 aliphatic rings. The van der Waals surface area contributed by atoms with Gasteiger partial charge in [0.2, 0.25) is 5.91 Å². The summed E-state index contributed by atoms with van der Waals surface area (Å²) in [6.45, 7) is 0.560. The average Bonchev–Trinajstić information content (AvgIpc) is 3.02. The highest BCUT2D eigenvalue weighted by atomic mass is 16.3. The van der Waals surface area contributed by atoms with Crippen molar-refractivity contribution < 1.29 is 9.21 Å². The fourth-order valence-electron chi connectivity index (χ4n) is 2.42. The molecule has 1 N–H and O–H groups in total. The lowest BCUT2D eigenvalue weighted by Crippen LogP contribution is -2.34. The van der Waals surface area contributed by atoms with Gasteiger partial charge < -0.3 is 9.73 Å². The van der Waals surface area contributed by atoms with Crippen molar-refractivity contribution in [1.82, 2.24) is 10.2 Å². The van der Waals surface area contributed by atoms with E-state index in [9.17, 15) is 4.79 Å². The van der Waals surface area contributed by atoms with Gasteiger partial charge in [-0.3, -0.25) is 9.69 Å². The Balaban J connectivity index is 1.72. The first-order valence-corrected chi connectivity index (χ1v) is 7.67. The number of carbonyl (C=O) groups is 1. The largest absolute Gasteiger partial charge is 0.468 e. The second-order valence-corrected chi connectivity index (χ2v) is 5.64. The van der Waals surface area contributed by atoms with Gasteiger partial charge in [-0.2, -0.15) is 0 Å². The summed E-state index contributed by atoms with van der Waals surface area (Å²) in [5.74, 6) is 0.962. The van der Waals surface area contributed by atoms with Crippen molar-refractivity contribution >= 4 is 5.91 Å². The van der Waals surface area contributed by atoms with Crippen molar-refractivity contribution in [1.29, 1.82) is 0 Å². The Hall–Kier alpha value is -2.07. The van der Waals surface area contributed by atoms with Crippen molar-refractivity contribution in [2.45, 2.75) is 25.3 Å². The number of likely N-dealkylation sites (N-methyl/N-ethyl adjacent to an activating group) is 1. The van der Waals surface area contributed by atoms with Crippen molar-refractivity contribution in [2.75, 3.05) is 20.6 Å². The molecule has 1 atom stereocenters. The Morgan fingerprint density at radius 2 is 1.95 bits per heavy atom. The van der Waals surface area contributed by atoms with Gasteiger partial charge in [0.15, 0.2) is 0 Å². The van der Waals surface area contributed by atoms with E-state index in [1.807, 2.05) is 49.3 Å². The van der Waals surface area contributed by atoms with Crippen LogP contribution in [0, 0.1) is 0 Å². The van der Waals surface area contributed by atoms with Crippen LogP contribution < -0.4 is 5.32 Å². The summed E-state index contributed by atoms with van der Waals surface area (Å²) in [6.07, 6.45) is 4.01. The van der Waals surface area contributed by atoms with Gasteiger partial charge in [0.05, 0.1) is 12.3 Å². The van der Waals surface area contributed by atoms with E-state index in [4.69, 9.17) is 4.42 Å². The number of hydrogen-bond donors (Lipinski definition) is 1. The predicted molar refractivity (Wildman–Crippen MR) is 87.5 cm³/mol. The van der Waals surface area contributed by atoms with Crippen LogP contribution in [0.3, 0.4) is 0 Å². The molecule has 1 heterocycles. The third-order valence-electron chi connectivity index (χ3n) is 3.70. The molecule has 4 nitrogen and oxygen atoms in total. The van der Waals surface area contributed by atoms with Gasteiger partial charge in [-0.15, -0.1) is 0 Å². The molecule has 2 aromatic rings. The molecule has 0 saturated carbocycles. The van der Waals surface area contributed by atoms with Crippen LogP contribution in [0.2, 0.25) is 0 Å². The van der Waals surface area contributed by atoms with Crippen LogP contribution in [0.4, 0.5) is 0 Å². The van der Waals surface area contributed by atoms with E-state index in [-0.39, 0.29) is 11.9 Å². The molecule has 0 aliphatic heterocycles. The van der Waals surface area contributed by atoms with Gasteiger partial charge in [0.25, 0.3) is 0 Å². The second kappa shape index (κ2) is 8.39. The van der Waals surface area contributed by atoms with E-state index < -0.39 is 0 Å². The zero-order chi connectivity index (χ0) is 15.8. The van der Waals surface area contributed by atoms with Crippen LogP contribution in [0.1, 0.15) is 30.2 Å². The summed E-state index contributed by atoms with van der Waals surface area (Å²) in [5.41, 5.74) is 1.28. The Bertz CT molecular complexity index is 550. The maximum absolute atomic E-state index is 12.0. The topological polar surface area (TPSA) is 45.5 Å². The number of aryl methyl sites for hydroxylation is 1. The monoisotopic (exact) mass is 300 g/mol. The molecule has 1 aromatic carbocycles. The third-order valence-corrected chi connectivity index (χ3v) is 3.70. The highest BCUT2D eigenvalue weighted by molar-refractivity contribution is 5.75. The Kier molecular flexibility index (Phi) is 6.22. The molecule has 0 aliphatic carbocycles. The second-order valence-electron chi connectivity index (χ2n) is 5.64. The predicted octanol–water partition coefficient (Wildman–Crippen LogP) is 3.02. The number of nitrogens with one attached hydrogen (secondary N) is 1. The molecule has 1 unspecified atom stereocenters. The molecule has 1 aromatic heterocycles. The van der Waals surface area contributed by atoms with E-state index in [1.54, 1.807) is 6.26 Å². The molecule has 0 fully saturated rings. The van der Waals surface area contributed by atoms with Gasteiger partial charge >= 0.3 is 0 Å². The molecule has 2 rings (SSSR count). The zero-order valence-electron chi connectivity index (χ0n) is 13.3. The molecule has 0 saturated heterocycles. The maximum atomic E-state index is 12.0. The van der Waals surface area contributed by atoms with E-state index in [0.29, 0.717) is 13.0 Å². The number of carbonyl (C=O) groups excluding carboxylic acids is 1. The molecular formula is C18H24N2O2. The van der Waals surface area contributed by atoms with Crippen LogP contribution in [0.25, 0.3) is 0 Å². The van der Waals surface area contributed by atoms with Crippen LogP contribution in [-0.4, -0.2) is 31.4 Å². The summed E-state index contributed by atoms with van der Waals surface area (Å²) >= 11 is 0. The first-order chi connectivity index (χ1) is 10.7. The molecule has 1 amide bonds. The summed E-state index contributed by atoms with van der Waals surface area (Å²) in [5, 5.41) is 3.00. The normalized spacial score (nSPS) is 12.3. The number of rotatable bonds is 8. The molecule has 0 radical (unpaired) electrons. The Labute approximate surface area is 132 Å². The molecule has 118 valence electrons. The average molecular weight is 300 g/mol. The first kappa shape index (κ1) is 16.3. The maximum Gasteiger partial charge on any atom is 0.220 e. The van der Waals surface area contributed by atoms with Crippen molar-refractivity contribution in [2.24, 2.45) is 0 Å². The number of hydrogen-bond acceptors (Lipinski definition) is 3. The Morgan fingerprint density at radius 3 is 2.59 bits per heavy atom. The number of benzene rings is 1. The molecule has 4 heteroatoms. The summed E-state index contributed by atoms with van der Waals surface area (Å²) < 4.78 is 5.44. The lowest BCUT2D eigenvalue weighted by atomic mass is 10.1. The van der Waals surface area contributed by atoms with Crippen molar-refractivity contribution in [3.63, 3.8) is 0 Å². The highest BCUT2D eigenvalue weighted by Gasteiger charge is 2.17. The molecule has 22 heavy (non-hydrogen) atoms. The fourth-order valence-corrected chi connectivity index (χ4v) is 2.42. The van der Waals surface area contributed by atoms with Crippen LogP contribution in [0.5, 0.6) is 0 Å². The van der Waals surface area contributed by atoms with Crippen molar-refractivity contribution in [3.05, 3.63) is 60.1 Å². The summed E-state index contributed by atoms with van der Waals surface area (Å²) in [7, 11) is 3.96. The zero-order valence-corrected chi connectivity index (χ0v) is 13.3. The van der Waals surface area contributed by atoms with Gasteiger partial charge in [-0.25, -0.2) is 0 Å². The molecular weight excluding hydrogens is 276 g/mol. The lowest BCUT2D eigenvalue weighted by molar-refractivity contribution is -0.121. The van der Waals surface area contributed by atoms with Gasteiger partial charge in [-0.05, 0) is 44.6 Å². The minimum Gasteiger partial charge on any atom is -0.468 e. The van der Waals surface area contributed by atoms with E-state index in [0.717, 1.165) is 18.6 Å². The van der Waals surface area contributed by atoms with Crippen molar-refractivity contribution in [3.8, 4) is 0 Å². The quantitative estimate of drug-likeness (QED) is 0.815. The summed E-state index contributed by atoms with van der Waals surface area (Å²) in [6, 6.07) is 14.1. The molecule has 0 spiro atoms. The SMILES string of the molecule is CN(C)C(CNC(=O)CCCc1ccccc1)c1ccco1. The minimum absolute atomic E-state index is 0.0630. The number of nitrogens with zero attached hydrogens (tertiary/aromatic N) is 1.